The van der Waals surface area contributed by atoms with Gasteiger partial charge in [0.1, 0.15) is 10.6 Å². The summed E-state index contributed by atoms with van der Waals surface area (Å²) in [4.78, 5) is 28.9. The van der Waals surface area contributed by atoms with Crippen LogP contribution in [0.4, 0.5) is 0 Å². The molecule has 5 rings (SSSR count). The number of nitrogens with zero attached hydrogens (tertiary/aromatic N) is 1. The molecule has 1 fully saturated rings. The third kappa shape index (κ3) is 5.67. The summed E-state index contributed by atoms with van der Waals surface area (Å²) in [6.45, 7) is 4.01. The second-order valence-electron chi connectivity index (χ2n) is 10.6. The van der Waals surface area contributed by atoms with E-state index in [0.717, 1.165) is 63.8 Å². The van der Waals surface area contributed by atoms with Gasteiger partial charge in [0.2, 0.25) is 0 Å². The smallest absolute Gasteiger partial charge is 0.266 e. The number of Topliss-reactive ketones (excluding diaryl/α,β-unsaturated/α-hetero) is 1. The Kier molecular flexibility index (Phi) is 8.60. The Labute approximate surface area is 245 Å². The molecule has 5 nitrogen and oxygen atoms in total. The topological polar surface area (TPSA) is 58.6 Å². The molecule has 0 atom stereocenters. The third-order valence-corrected chi connectivity index (χ3v) is 9.72. The van der Waals surface area contributed by atoms with E-state index in [1.54, 1.807) is 14.0 Å². The normalized spacial score (nSPS) is 17.1. The van der Waals surface area contributed by atoms with Crippen molar-refractivity contribution in [2.45, 2.75) is 58.2 Å². The van der Waals surface area contributed by atoms with Crippen molar-refractivity contribution in [2.24, 2.45) is 0 Å². The molecule has 1 N–H and O–H groups in total. The van der Waals surface area contributed by atoms with Crippen LogP contribution in [-0.4, -0.2) is 42.8 Å². The quantitative estimate of drug-likeness (QED) is 0.217. The molecule has 0 bridgehead atoms. The highest BCUT2D eigenvalue weighted by molar-refractivity contribution is 7.21. The van der Waals surface area contributed by atoms with Gasteiger partial charge in [-0.15, -0.1) is 11.3 Å². The molecule has 7 heteroatoms. The molecule has 1 saturated carbocycles. The van der Waals surface area contributed by atoms with Gasteiger partial charge in [-0.25, -0.2) is 0 Å². The maximum absolute atomic E-state index is 14.3. The first-order valence-electron chi connectivity index (χ1n) is 13.7. The number of ether oxygens (including phenoxy) is 1. The lowest BCUT2D eigenvalue weighted by Gasteiger charge is -2.37. The number of hydrogen-bond acceptors (Lipinski definition) is 5. The fourth-order valence-electron chi connectivity index (χ4n) is 5.77. The first kappa shape index (κ1) is 28.3. The highest BCUT2D eigenvalue weighted by atomic mass is 35.5. The van der Waals surface area contributed by atoms with E-state index >= 15 is 0 Å². The number of carbonyl (C=O) groups excluding carboxylic acids is 2. The van der Waals surface area contributed by atoms with Gasteiger partial charge in [-0.1, -0.05) is 48.0 Å². The van der Waals surface area contributed by atoms with Crippen LogP contribution in [0.2, 0.25) is 5.02 Å². The number of thiophene rings is 1. The van der Waals surface area contributed by atoms with E-state index in [9.17, 15) is 9.59 Å². The van der Waals surface area contributed by atoms with Gasteiger partial charge in [0.05, 0.1) is 12.1 Å². The first-order chi connectivity index (χ1) is 19.3. The van der Waals surface area contributed by atoms with E-state index in [2.05, 4.69) is 11.4 Å². The number of carbonyl (C=O) groups is 2. The van der Waals surface area contributed by atoms with Gasteiger partial charge in [0, 0.05) is 39.8 Å². The molecule has 208 valence electrons. The summed E-state index contributed by atoms with van der Waals surface area (Å²) in [6.07, 6.45) is 3.86. The lowest BCUT2D eigenvalue weighted by Crippen LogP contribution is -2.44. The molecule has 0 saturated heterocycles. The van der Waals surface area contributed by atoms with Crippen molar-refractivity contribution in [3.8, 4) is 16.9 Å². The molecule has 0 aliphatic heterocycles. The summed E-state index contributed by atoms with van der Waals surface area (Å²) in [5.74, 6) is 0.719. The molecular formula is C33H35ClN2O3S. The number of fused-ring (bicyclic) bond motifs is 1. The SMILES string of the molecule is CNC1CCC(N(Cc2cc(-c3cccc(C(C)=O)c3)ccc2OC)C(=O)c2sc3cccc(C)c3c2Cl)CC1. The minimum Gasteiger partial charge on any atom is -0.496 e. The van der Waals surface area contributed by atoms with Crippen molar-refractivity contribution in [3.63, 3.8) is 0 Å². The van der Waals surface area contributed by atoms with Crippen LogP contribution in [0.5, 0.6) is 5.75 Å². The minimum absolute atomic E-state index is 0.0278. The fourth-order valence-corrected chi connectivity index (χ4v) is 7.40. The molecule has 0 radical (unpaired) electrons. The number of rotatable bonds is 8. The van der Waals surface area contributed by atoms with Crippen LogP contribution < -0.4 is 10.1 Å². The zero-order chi connectivity index (χ0) is 28.4. The number of ketones is 1. The second-order valence-corrected chi connectivity index (χ2v) is 12.0. The number of benzene rings is 3. The number of hydrogen-bond donors (Lipinski definition) is 1. The predicted molar refractivity (Wildman–Crippen MR) is 165 cm³/mol. The lowest BCUT2D eigenvalue weighted by atomic mass is 9.89. The first-order valence-corrected chi connectivity index (χ1v) is 14.9. The van der Waals surface area contributed by atoms with Gasteiger partial charge in [0.15, 0.2) is 5.78 Å². The van der Waals surface area contributed by atoms with Crippen molar-refractivity contribution in [2.75, 3.05) is 14.2 Å². The van der Waals surface area contributed by atoms with Gasteiger partial charge >= 0.3 is 0 Å². The summed E-state index contributed by atoms with van der Waals surface area (Å²) in [5.41, 5.74) is 4.59. The summed E-state index contributed by atoms with van der Waals surface area (Å²) >= 11 is 8.36. The Morgan fingerprint density at radius 2 is 1.75 bits per heavy atom. The number of amides is 1. The van der Waals surface area contributed by atoms with Gasteiger partial charge in [-0.2, -0.15) is 0 Å². The maximum atomic E-state index is 14.3. The van der Waals surface area contributed by atoms with Crippen LogP contribution in [0, 0.1) is 6.92 Å². The van der Waals surface area contributed by atoms with E-state index in [0.29, 0.717) is 28.0 Å². The van der Waals surface area contributed by atoms with Crippen LogP contribution in [0.3, 0.4) is 0 Å². The van der Waals surface area contributed by atoms with E-state index < -0.39 is 0 Å². The molecule has 1 heterocycles. The van der Waals surface area contributed by atoms with Crippen molar-refractivity contribution in [1.29, 1.82) is 0 Å². The van der Waals surface area contributed by atoms with Crippen molar-refractivity contribution in [1.82, 2.24) is 10.2 Å². The summed E-state index contributed by atoms with van der Waals surface area (Å²) in [7, 11) is 3.66. The van der Waals surface area contributed by atoms with Gasteiger partial charge in [-0.3, -0.25) is 9.59 Å². The van der Waals surface area contributed by atoms with Crippen LogP contribution in [-0.2, 0) is 6.54 Å². The Balaban J connectivity index is 1.55. The third-order valence-electron chi connectivity index (χ3n) is 8.09. The molecule has 1 aliphatic rings. The number of nitrogens with one attached hydrogen (secondary N) is 1. The second kappa shape index (κ2) is 12.1. The zero-order valence-corrected chi connectivity index (χ0v) is 25.0. The highest BCUT2D eigenvalue weighted by Gasteiger charge is 2.32. The van der Waals surface area contributed by atoms with Crippen LogP contribution in [0.15, 0.2) is 60.7 Å². The highest BCUT2D eigenvalue weighted by Crippen LogP contribution is 2.40. The Morgan fingerprint density at radius 1 is 1.02 bits per heavy atom. The largest absolute Gasteiger partial charge is 0.496 e. The average molecular weight is 575 g/mol. The molecule has 4 aromatic rings. The van der Waals surface area contributed by atoms with Crippen LogP contribution in [0.1, 0.15) is 63.8 Å². The molecule has 0 spiro atoms. The van der Waals surface area contributed by atoms with E-state index in [1.807, 2.05) is 73.5 Å². The summed E-state index contributed by atoms with van der Waals surface area (Å²) in [5, 5.41) is 4.90. The summed E-state index contributed by atoms with van der Waals surface area (Å²) < 4.78 is 6.79. The number of halogens is 1. The molecule has 1 amide bonds. The Hall–Kier alpha value is -3.19. The van der Waals surface area contributed by atoms with E-state index in [1.165, 1.54) is 11.3 Å². The van der Waals surface area contributed by atoms with Crippen LogP contribution in [0.25, 0.3) is 21.2 Å². The van der Waals surface area contributed by atoms with Crippen molar-refractivity contribution < 1.29 is 14.3 Å². The summed E-state index contributed by atoms with van der Waals surface area (Å²) in [6, 6.07) is 20.3. The van der Waals surface area contributed by atoms with Gasteiger partial charge in [0.25, 0.3) is 5.91 Å². The zero-order valence-electron chi connectivity index (χ0n) is 23.4. The molecule has 3 aromatic carbocycles. The number of aryl methyl sites for hydroxylation is 1. The fraction of sp³-hybridized carbons (Fsp3) is 0.333. The number of methoxy groups -OCH3 is 1. The van der Waals surface area contributed by atoms with E-state index in [4.69, 9.17) is 16.3 Å². The standard InChI is InChI=1S/C33H35ClN2O3S/c1-20-7-5-10-29-30(20)31(34)32(40-29)33(38)36(27-14-12-26(35-3)13-15-27)19-25-18-24(11-16-28(25)39-4)23-9-6-8-22(17-23)21(2)37/h5-11,16-18,26-27,35H,12-15,19H2,1-4H3. The average Bonchev–Trinajstić information content (AvgIpc) is 3.32. The van der Waals surface area contributed by atoms with Gasteiger partial charge in [-0.05, 0) is 87.5 Å². The molecule has 0 unspecified atom stereocenters. The molecule has 1 aliphatic carbocycles. The Morgan fingerprint density at radius 3 is 2.42 bits per heavy atom. The molecule has 40 heavy (non-hydrogen) atoms. The van der Waals surface area contributed by atoms with E-state index in [-0.39, 0.29) is 17.7 Å². The van der Waals surface area contributed by atoms with Crippen LogP contribution >= 0.6 is 22.9 Å². The maximum Gasteiger partial charge on any atom is 0.266 e. The minimum atomic E-state index is -0.0375. The molecule has 1 aromatic heterocycles. The Bertz CT molecular complexity index is 1550. The molecular weight excluding hydrogens is 540 g/mol. The monoisotopic (exact) mass is 574 g/mol. The van der Waals surface area contributed by atoms with Crippen molar-refractivity contribution >= 4 is 44.7 Å². The van der Waals surface area contributed by atoms with Gasteiger partial charge < -0.3 is 15.0 Å². The lowest BCUT2D eigenvalue weighted by molar-refractivity contribution is 0.0604. The van der Waals surface area contributed by atoms with Crippen molar-refractivity contribution in [3.05, 3.63) is 87.3 Å². The predicted octanol–water partition coefficient (Wildman–Crippen LogP) is 7.91.